The summed E-state index contributed by atoms with van der Waals surface area (Å²) in [5.41, 5.74) is 0.849. The number of aliphatic imine (C=N–C) groups is 1. The molecule has 1 aliphatic rings. The van der Waals surface area contributed by atoms with Gasteiger partial charge in [-0.1, -0.05) is 0 Å². The van der Waals surface area contributed by atoms with E-state index < -0.39 is 5.97 Å². The second-order valence-corrected chi connectivity index (χ2v) is 5.33. The predicted molar refractivity (Wildman–Crippen MR) is 86.6 cm³/mol. The standard InChI is InChI=1S/C16H12BrNO5/c1-20-10-4-3-9(13(8-10)21-2)7-11-16(19)23-15(18-11)12-5-6-14(17)22-12/h3-8H,1-2H3/b11-7-. The van der Waals surface area contributed by atoms with Gasteiger partial charge in [0.15, 0.2) is 16.1 Å². The molecule has 0 aliphatic carbocycles. The van der Waals surface area contributed by atoms with Gasteiger partial charge >= 0.3 is 5.97 Å². The molecule has 23 heavy (non-hydrogen) atoms. The number of benzene rings is 1. The van der Waals surface area contributed by atoms with Crippen LogP contribution in [0, 0.1) is 0 Å². The molecule has 0 N–H and O–H groups in total. The maximum absolute atomic E-state index is 12.0. The molecule has 0 unspecified atom stereocenters. The molecule has 0 spiro atoms. The second-order valence-electron chi connectivity index (χ2n) is 4.55. The summed E-state index contributed by atoms with van der Waals surface area (Å²) < 4.78 is 21.4. The summed E-state index contributed by atoms with van der Waals surface area (Å²) in [7, 11) is 3.11. The van der Waals surface area contributed by atoms with Gasteiger partial charge in [-0.25, -0.2) is 9.79 Å². The summed E-state index contributed by atoms with van der Waals surface area (Å²) >= 11 is 3.19. The number of halogens is 1. The van der Waals surface area contributed by atoms with Gasteiger partial charge in [-0.05, 0) is 46.3 Å². The highest BCUT2D eigenvalue weighted by atomic mass is 79.9. The van der Waals surface area contributed by atoms with Crippen LogP contribution < -0.4 is 9.47 Å². The number of carbonyl (C=O) groups is 1. The highest BCUT2D eigenvalue weighted by Crippen LogP contribution is 2.28. The zero-order valence-corrected chi connectivity index (χ0v) is 13.9. The number of esters is 1. The lowest BCUT2D eigenvalue weighted by molar-refractivity contribution is -0.130. The molecule has 1 aromatic heterocycles. The van der Waals surface area contributed by atoms with Gasteiger partial charge in [0.25, 0.3) is 5.90 Å². The third kappa shape index (κ3) is 3.14. The number of cyclic esters (lactones) is 1. The summed E-state index contributed by atoms with van der Waals surface area (Å²) in [6, 6.07) is 8.62. The Hall–Kier alpha value is -2.54. The van der Waals surface area contributed by atoms with Crippen LogP contribution in [0.1, 0.15) is 11.3 Å². The summed E-state index contributed by atoms with van der Waals surface area (Å²) in [6.45, 7) is 0. The first kappa shape index (κ1) is 15.4. The number of furan rings is 1. The Morgan fingerprint density at radius 2 is 2.00 bits per heavy atom. The smallest absolute Gasteiger partial charge is 0.363 e. The van der Waals surface area contributed by atoms with Crippen LogP contribution in [0.25, 0.3) is 6.08 Å². The van der Waals surface area contributed by atoms with Gasteiger partial charge in [0.2, 0.25) is 0 Å². The lowest BCUT2D eigenvalue weighted by Crippen LogP contribution is -2.04. The third-order valence-electron chi connectivity index (χ3n) is 3.14. The summed E-state index contributed by atoms with van der Waals surface area (Å²) in [4.78, 5) is 16.1. The molecule has 3 rings (SSSR count). The van der Waals surface area contributed by atoms with Gasteiger partial charge in [0.05, 0.1) is 14.2 Å². The van der Waals surface area contributed by atoms with Crippen LogP contribution in [0.2, 0.25) is 0 Å². The molecule has 6 nitrogen and oxygen atoms in total. The molecule has 0 atom stereocenters. The number of rotatable bonds is 4. The van der Waals surface area contributed by atoms with E-state index in [0.29, 0.717) is 27.5 Å². The minimum absolute atomic E-state index is 0.124. The molecular formula is C16H12BrNO5. The quantitative estimate of drug-likeness (QED) is 0.603. The number of nitrogens with zero attached hydrogens (tertiary/aromatic N) is 1. The molecule has 2 aromatic rings. The largest absolute Gasteiger partial charge is 0.497 e. The third-order valence-corrected chi connectivity index (χ3v) is 3.56. The van der Waals surface area contributed by atoms with E-state index in [1.165, 1.54) is 0 Å². The van der Waals surface area contributed by atoms with Crippen molar-refractivity contribution >= 4 is 33.9 Å². The minimum Gasteiger partial charge on any atom is -0.497 e. The van der Waals surface area contributed by atoms with Crippen molar-refractivity contribution in [2.75, 3.05) is 14.2 Å². The Bertz CT molecular complexity index is 822. The van der Waals surface area contributed by atoms with E-state index >= 15 is 0 Å². The van der Waals surface area contributed by atoms with Gasteiger partial charge in [0, 0.05) is 11.6 Å². The lowest BCUT2D eigenvalue weighted by atomic mass is 10.1. The van der Waals surface area contributed by atoms with Crippen molar-refractivity contribution in [1.29, 1.82) is 0 Å². The molecular weight excluding hydrogens is 366 g/mol. The number of methoxy groups -OCH3 is 2. The van der Waals surface area contributed by atoms with Crippen LogP contribution in [0.4, 0.5) is 0 Å². The summed E-state index contributed by atoms with van der Waals surface area (Å²) in [5, 5.41) is 0. The van der Waals surface area contributed by atoms with Gasteiger partial charge in [-0.15, -0.1) is 0 Å². The van der Waals surface area contributed by atoms with Crippen molar-refractivity contribution in [3.05, 3.63) is 52.0 Å². The molecule has 0 saturated carbocycles. The van der Waals surface area contributed by atoms with Crippen molar-refractivity contribution in [3.8, 4) is 11.5 Å². The predicted octanol–water partition coefficient (Wildman–Crippen LogP) is 3.40. The van der Waals surface area contributed by atoms with Gasteiger partial charge in [-0.3, -0.25) is 0 Å². The maximum Gasteiger partial charge on any atom is 0.363 e. The zero-order chi connectivity index (χ0) is 16.4. The Kier molecular flexibility index (Phi) is 4.20. The molecule has 1 aromatic carbocycles. The number of hydrogen-bond donors (Lipinski definition) is 0. The van der Waals surface area contributed by atoms with Crippen molar-refractivity contribution < 1.29 is 23.4 Å². The van der Waals surface area contributed by atoms with Crippen LogP contribution in [-0.4, -0.2) is 26.1 Å². The van der Waals surface area contributed by atoms with Gasteiger partial charge in [0.1, 0.15) is 11.5 Å². The van der Waals surface area contributed by atoms with Crippen LogP contribution in [0.5, 0.6) is 11.5 Å². The van der Waals surface area contributed by atoms with Crippen molar-refractivity contribution in [3.63, 3.8) is 0 Å². The normalized spacial score (nSPS) is 15.5. The van der Waals surface area contributed by atoms with Gasteiger partial charge < -0.3 is 18.6 Å². The number of carbonyl (C=O) groups excluding carboxylic acids is 1. The SMILES string of the molecule is COc1ccc(/C=C2\N=C(c3ccc(Br)o3)OC2=O)c(OC)c1. The lowest BCUT2D eigenvalue weighted by Gasteiger charge is -2.07. The fraction of sp³-hybridized carbons (Fsp3) is 0.125. The molecule has 0 radical (unpaired) electrons. The van der Waals surface area contributed by atoms with Crippen LogP contribution in [0.3, 0.4) is 0 Å². The van der Waals surface area contributed by atoms with Crippen molar-refractivity contribution in [1.82, 2.24) is 0 Å². The van der Waals surface area contributed by atoms with E-state index in [9.17, 15) is 4.79 Å². The van der Waals surface area contributed by atoms with Gasteiger partial charge in [-0.2, -0.15) is 0 Å². The van der Waals surface area contributed by atoms with Crippen LogP contribution >= 0.6 is 15.9 Å². The fourth-order valence-electron chi connectivity index (χ4n) is 2.03. The zero-order valence-electron chi connectivity index (χ0n) is 12.3. The number of ether oxygens (including phenoxy) is 3. The average Bonchev–Trinajstić information content (AvgIpc) is 3.14. The first-order valence-electron chi connectivity index (χ1n) is 6.61. The van der Waals surface area contributed by atoms with Crippen LogP contribution in [0.15, 0.2) is 50.1 Å². The molecule has 0 bridgehead atoms. The van der Waals surface area contributed by atoms with Crippen molar-refractivity contribution in [2.45, 2.75) is 0 Å². The van der Waals surface area contributed by atoms with E-state index in [4.69, 9.17) is 18.6 Å². The maximum atomic E-state index is 12.0. The first-order chi connectivity index (χ1) is 11.1. The Balaban J connectivity index is 1.96. The van der Waals surface area contributed by atoms with E-state index in [1.807, 2.05) is 0 Å². The summed E-state index contributed by atoms with van der Waals surface area (Å²) in [5.74, 6) is 1.16. The minimum atomic E-state index is -0.551. The molecule has 7 heteroatoms. The first-order valence-corrected chi connectivity index (χ1v) is 7.40. The molecule has 0 fully saturated rings. The highest BCUT2D eigenvalue weighted by Gasteiger charge is 2.26. The Labute approximate surface area is 140 Å². The molecule has 0 saturated heterocycles. The van der Waals surface area contributed by atoms with E-state index in [0.717, 1.165) is 0 Å². The van der Waals surface area contributed by atoms with E-state index in [1.54, 1.807) is 50.6 Å². The topological polar surface area (TPSA) is 70.3 Å². The molecule has 0 amide bonds. The molecule has 2 heterocycles. The Morgan fingerprint density at radius 1 is 1.17 bits per heavy atom. The average molecular weight is 378 g/mol. The monoisotopic (exact) mass is 377 g/mol. The van der Waals surface area contributed by atoms with Crippen molar-refractivity contribution in [2.24, 2.45) is 4.99 Å². The molecule has 118 valence electrons. The second kappa shape index (κ2) is 6.29. The van der Waals surface area contributed by atoms with E-state index in [2.05, 4.69) is 20.9 Å². The number of hydrogen-bond acceptors (Lipinski definition) is 6. The summed E-state index contributed by atoms with van der Waals surface area (Å²) in [6.07, 6.45) is 1.59. The van der Waals surface area contributed by atoms with Crippen LogP contribution in [-0.2, 0) is 9.53 Å². The molecule has 1 aliphatic heterocycles. The van der Waals surface area contributed by atoms with E-state index in [-0.39, 0.29) is 11.6 Å². The highest BCUT2D eigenvalue weighted by molar-refractivity contribution is 9.10. The fourth-order valence-corrected chi connectivity index (χ4v) is 2.34. The Morgan fingerprint density at radius 3 is 2.65 bits per heavy atom.